The number of hydrogen-bond donors (Lipinski definition) is 1. The molecule has 1 N–H and O–H groups in total. The number of aromatic carboxylic acids is 1. The van der Waals surface area contributed by atoms with E-state index in [1.165, 1.54) is 29.8 Å². The topological polar surface area (TPSA) is 59.3 Å². The molecule has 0 aliphatic carbocycles. The van der Waals surface area contributed by atoms with Crippen LogP contribution in [0.3, 0.4) is 0 Å². The van der Waals surface area contributed by atoms with E-state index in [2.05, 4.69) is 15.9 Å². The van der Waals surface area contributed by atoms with E-state index in [0.717, 1.165) is 0 Å². The number of carboxylic acids is 1. The van der Waals surface area contributed by atoms with E-state index in [1.54, 1.807) is 13.0 Å². The van der Waals surface area contributed by atoms with Crippen molar-refractivity contribution in [1.82, 2.24) is 4.57 Å². The summed E-state index contributed by atoms with van der Waals surface area (Å²) in [6, 6.07) is 4.07. The number of nitrogens with zero attached hydrogens (tertiary/aromatic N) is 1. The Kier molecular flexibility index (Phi) is 3.76. The van der Waals surface area contributed by atoms with Gasteiger partial charge in [-0.05, 0) is 53.5 Å². The highest BCUT2D eigenvalue weighted by Gasteiger charge is 2.18. The molecule has 20 heavy (non-hydrogen) atoms. The minimum atomic E-state index is -1.18. The third-order valence-electron chi connectivity index (χ3n) is 2.94. The fourth-order valence-electron chi connectivity index (χ4n) is 1.91. The number of carbonyl (C=O) groups excluding carboxylic acids is 1. The molecule has 2 rings (SSSR count). The maximum atomic E-state index is 13.7. The second-order valence-electron chi connectivity index (χ2n) is 4.40. The highest BCUT2D eigenvalue weighted by molar-refractivity contribution is 9.10. The van der Waals surface area contributed by atoms with Crippen molar-refractivity contribution in [2.45, 2.75) is 13.8 Å². The minimum absolute atomic E-state index is 0.0833. The maximum Gasteiger partial charge on any atom is 0.352 e. The van der Waals surface area contributed by atoms with Crippen LogP contribution in [0.4, 0.5) is 4.39 Å². The van der Waals surface area contributed by atoms with Gasteiger partial charge in [0, 0.05) is 11.8 Å². The molecule has 1 aromatic heterocycles. The van der Waals surface area contributed by atoms with Crippen molar-refractivity contribution in [3.63, 3.8) is 0 Å². The van der Waals surface area contributed by atoms with Crippen LogP contribution in [0.25, 0.3) is 5.69 Å². The van der Waals surface area contributed by atoms with Gasteiger partial charge in [0.2, 0.25) is 0 Å². The molecule has 0 amide bonds. The summed E-state index contributed by atoms with van der Waals surface area (Å²) < 4.78 is 15.3. The van der Waals surface area contributed by atoms with Crippen LogP contribution in [0.15, 0.2) is 28.9 Å². The van der Waals surface area contributed by atoms with E-state index in [-0.39, 0.29) is 17.0 Å². The maximum absolute atomic E-state index is 13.7. The summed E-state index contributed by atoms with van der Waals surface area (Å²) in [6.07, 6.45) is 1.40. The molecule has 0 atom stereocenters. The van der Waals surface area contributed by atoms with E-state index in [4.69, 9.17) is 0 Å². The molecule has 0 fully saturated rings. The molecule has 0 saturated heterocycles. The predicted octanol–water partition coefficient (Wildman–Crippen LogP) is 3.59. The Labute approximate surface area is 123 Å². The molecule has 1 aromatic carbocycles. The number of rotatable bonds is 3. The van der Waals surface area contributed by atoms with Crippen LogP contribution < -0.4 is 0 Å². The summed E-state index contributed by atoms with van der Waals surface area (Å²) in [5, 5.41) is 9.20. The molecule has 0 unspecified atom stereocenters. The Morgan fingerprint density at radius 3 is 2.50 bits per heavy atom. The first-order valence-electron chi connectivity index (χ1n) is 5.74. The quantitative estimate of drug-likeness (QED) is 0.869. The normalized spacial score (nSPS) is 10.6. The van der Waals surface area contributed by atoms with Gasteiger partial charge in [-0.2, -0.15) is 0 Å². The van der Waals surface area contributed by atoms with Gasteiger partial charge in [0.1, 0.15) is 11.5 Å². The molecule has 0 spiro atoms. The van der Waals surface area contributed by atoms with E-state index in [1.807, 2.05) is 0 Å². The summed E-state index contributed by atoms with van der Waals surface area (Å²) in [4.78, 5) is 22.6. The van der Waals surface area contributed by atoms with E-state index >= 15 is 0 Å². The monoisotopic (exact) mass is 339 g/mol. The summed E-state index contributed by atoms with van der Waals surface area (Å²) in [5.41, 5.74) is 1.26. The average Bonchev–Trinajstić information content (AvgIpc) is 2.78. The number of carboxylic acid groups (broad SMARTS) is 1. The zero-order chi connectivity index (χ0) is 15.0. The number of carbonyl (C=O) groups is 2. The van der Waals surface area contributed by atoms with Crippen molar-refractivity contribution in [2.24, 2.45) is 0 Å². The molecule has 2 aromatic rings. The lowest BCUT2D eigenvalue weighted by Gasteiger charge is -2.10. The third-order valence-corrected chi connectivity index (χ3v) is 3.55. The molecular weight excluding hydrogens is 329 g/mol. The molecule has 1 heterocycles. The molecule has 0 radical (unpaired) electrons. The SMILES string of the molecule is CC(=O)c1cc(C(=O)O)n(-c2cc(F)c(Br)cc2C)c1. The van der Waals surface area contributed by atoms with Crippen molar-refractivity contribution in [1.29, 1.82) is 0 Å². The van der Waals surface area contributed by atoms with Crippen molar-refractivity contribution >= 4 is 27.7 Å². The van der Waals surface area contributed by atoms with Gasteiger partial charge in [-0.25, -0.2) is 9.18 Å². The second kappa shape index (κ2) is 5.20. The third kappa shape index (κ3) is 2.51. The standard InChI is InChI=1S/C14H11BrFNO3/c1-7-3-10(15)11(16)5-12(7)17-6-9(8(2)18)4-13(17)14(19)20/h3-6H,1-2H3,(H,19,20). The molecule has 0 aliphatic rings. The molecule has 104 valence electrons. The molecule has 4 nitrogen and oxygen atoms in total. The number of ketones is 1. The Morgan fingerprint density at radius 1 is 1.30 bits per heavy atom. The van der Waals surface area contributed by atoms with Gasteiger partial charge in [-0.1, -0.05) is 0 Å². The highest BCUT2D eigenvalue weighted by atomic mass is 79.9. The fraction of sp³-hybridized carbons (Fsp3) is 0.143. The smallest absolute Gasteiger partial charge is 0.352 e. The lowest BCUT2D eigenvalue weighted by Crippen LogP contribution is -2.07. The Bertz CT molecular complexity index is 721. The average molecular weight is 340 g/mol. The Balaban J connectivity index is 2.71. The Hall–Kier alpha value is -1.95. The van der Waals surface area contributed by atoms with Crippen LogP contribution in [-0.4, -0.2) is 21.4 Å². The van der Waals surface area contributed by atoms with E-state index in [9.17, 15) is 19.1 Å². The highest BCUT2D eigenvalue weighted by Crippen LogP contribution is 2.25. The summed E-state index contributed by atoms with van der Waals surface area (Å²) in [6.45, 7) is 3.08. The van der Waals surface area contributed by atoms with Crippen LogP contribution in [0.5, 0.6) is 0 Å². The zero-order valence-electron chi connectivity index (χ0n) is 10.8. The summed E-state index contributed by atoms with van der Waals surface area (Å²) in [7, 11) is 0. The number of aromatic nitrogens is 1. The number of Topliss-reactive ketones (excluding diaryl/α,β-unsaturated/α-hetero) is 1. The number of benzene rings is 1. The first-order valence-corrected chi connectivity index (χ1v) is 6.53. The number of hydrogen-bond acceptors (Lipinski definition) is 2. The fourth-order valence-corrected chi connectivity index (χ4v) is 2.37. The van der Waals surface area contributed by atoms with Crippen molar-refractivity contribution < 1.29 is 19.1 Å². The van der Waals surface area contributed by atoms with Gasteiger partial charge in [-0.15, -0.1) is 0 Å². The van der Waals surface area contributed by atoms with Crippen molar-refractivity contribution in [3.05, 3.63) is 51.5 Å². The van der Waals surface area contributed by atoms with Crippen LogP contribution in [0, 0.1) is 12.7 Å². The predicted molar refractivity (Wildman–Crippen MR) is 75.1 cm³/mol. The van der Waals surface area contributed by atoms with Gasteiger partial charge in [0.05, 0.1) is 10.2 Å². The molecule has 0 aliphatic heterocycles. The molecule has 0 bridgehead atoms. The second-order valence-corrected chi connectivity index (χ2v) is 5.25. The van der Waals surface area contributed by atoms with Crippen LogP contribution in [0.2, 0.25) is 0 Å². The Morgan fingerprint density at radius 2 is 1.95 bits per heavy atom. The lowest BCUT2D eigenvalue weighted by molar-refractivity contribution is 0.0688. The molecule has 0 saturated carbocycles. The van der Waals surface area contributed by atoms with Crippen molar-refractivity contribution in [3.8, 4) is 5.69 Å². The first-order chi connectivity index (χ1) is 9.31. The van der Waals surface area contributed by atoms with Crippen LogP contribution >= 0.6 is 15.9 Å². The zero-order valence-corrected chi connectivity index (χ0v) is 12.4. The van der Waals surface area contributed by atoms with Crippen molar-refractivity contribution in [2.75, 3.05) is 0 Å². The molecular formula is C14H11BrFNO3. The van der Waals surface area contributed by atoms with Gasteiger partial charge in [0.25, 0.3) is 0 Å². The summed E-state index contributed by atoms with van der Waals surface area (Å²) >= 11 is 3.07. The van der Waals surface area contributed by atoms with E-state index in [0.29, 0.717) is 15.7 Å². The molecule has 6 heteroatoms. The van der Waals surface area contributed by atoms with Gasteiger partial charge >= 0.3 is 5.97 Å². The van der Waals surface area contributed by atoms with Crippen LogP contribution in [-0.2, 0) is 0 Å². The first kappa shape index (κ1) is 14.5. The summed E-state index contributed by atoms with van der Waals surface area (Å²) in [5.74, 6) is -1.93. The van der Waals surface area contributed by atoms with E-state index < -0.39 is 11.8 Å². The lowest BCUT2D eigenvalue weighted by atomic mass is 10.2. The minimum Gasteiger partial charge on any atom is -0.477 e. The van der Waals surface area contributed by atoms with Gasteiger partial charge in [0.15, 0.2) is 5.78 Å². The van der Waals surface area contributed by atoms with Crippen LogP contribution in [0.1, 0.15) is 33.3 Å². The largest absolute Gasteiger partial charge is 0.477 e. The van der Waals surface area contributed by atoms with Gasteiger partial charge < -0.3 is 9.67 Å². The number of halogens is 2. The number of aryl methyl sites for hydroxylation is 1. The van der Waals surface area contributed by atoms with Gasteiger partial charge in [-0.3, -0.25) is 4.79 Å².